The lowest BCUT2D eigenvalue weighted by Gasteiger charge is -2.27. The number of ketones is 1. The summed E-state index contributed by atoms with van der Waals surface area (Å²) < 4.78 is 5.18. The van der Waals surface area contributed by atoms with Crippen LogP contribution in [0.4, 0.5) is 10.5 Å². The molecule has 1 aliphatic carbocycles. The molecule has 2 rings (SSSR count). The maximum Gasteiger partial charge on any atom is 0.434 e. The van der Waals surface area contributed by atoms with Gasteiger partial charge in [-0.1, -0.05) is 31.4 Å². The van der Waals surface area contributed by atoms with Gasteiger partial charge in [0.1, 0.15) is 5.60 Å². The van der Waals surface area contributed by atoms with Gasteiger partial charge in [-0.15, -0.1) is 0 Å². The summed E-state index contributed by atoms with van der Waals surface area (Å²) in [6, 6.07) is 4.41. The van der Waals surface area contributed by atoms with Crippen molar-refractivity contribution in [1.82, 2.24) is 5.43 Å². The zero-order valence-electron chi connectivity index (χ0n) is 15.3. The number of benzene rings is 1. The van der Waals surface area contributed by atoms with Crippen molar-refractivity contribution < 1.29 is 19.1 Å². The molecule has 1 aromatic carbocycles. The van der Waals surface area contributed by atoms with Gasteiger partial charge in [-0.05, 0) is 51.8 Å². The number of amides is 2. The first kappa shape index (κ1) is 21.0. The molecule has 6 nitrogen and oxygen atoms in total. The molecule has 0 unspecified atom stereocenters. The lowest BCUT2D eigenvalue weighted by Crippen LogP contribution is -2.45. The summed E-state index contributed by atoms with van der Waals surface area (Å²) in [7, 11) is 0. The summed E-state index contributed by atoms with van der Waals surface area (Å²) >= 11 is 6.03. The molecule has 0 bridgehead atoms. The van der Waals surface area contributed by atoms with E-state index >= 15 is 0 Å². The number of anilines is 1. The number of carbonyl (C=O) groups is 3. The molecule has 7 heteroatoms. The van der Waals surface area contributed by atoms with E-state index in [-0.39, 0.29) is 16.5 Å². The van der Waals surface area contributed by atoms with Gasteiger partial charge in [0, 0.05) is 5.56 Å². The highest BCUT2D eigenvalue weighted by Gasteiger charge is 2.25. The second-order valence-electron chi connectivity index (χ2n) is 6.97. The van der Waals surface area contributed by atoms with Crippen molar-refractivity contribution in [3.8, 4) is 0 Å². The second kappa shape index (κ2) is 8.85. The number of hydrazine groups is 1. The summed E-state index contributed by atoms with van der Waals surface area (Å²) in [4.78, 5) is 34.3. The van der Waals surface area contributed by atoms with Crippen molar-refractivity contribution in [1.29, 1.82) is 0 Å². The van der Waals surface area contributed by atoms with Gasteiger partial charge in [-0.25, -0.2) is 4.79 Å². The summed E-state index contributed by atoms with van der Waals surface area (Å²) in [6.07, 6.45) is 2.48. The molecule has 2 amide bonds. The third kappa shape index (κ3) is 7.56. The summed E-state index contributed by atoms with van der Waals surface area (Å²) in [5, 5.41) is 1.05. The highest BCUT2D eigenvalue weighted by molar-refractivity contribution is 6.34. The number of ether oxygens (including phenoxy) is 1. The van der Waals surface area contributed by atoms with E-state index < -0.39 is 11.7 Å². The highest BCUT2D eigenvalue weighted by atomic mass is 35.5. The van der Waals surface area contributed by atoms with Gasteiger partial charge in [-0.2, -0.15) is 5.01 Å². The monoisotopic (exact) mass is 368 g/mol. The SMILES string of the molecule is CC(=O)c1ccc(Cl)c(N(NC=O)C(=O)OC(C)(C)C)c1.CC1CC1. The molecule has 1 fully saturated rings. The van der Waals surface area contributed by atoms with E-state index in [9.17, 15) is 14.4 Å². The Kier molecular flexibility index (Phi) is 7.42. The van der Waals surface area contributed by atoms with E-state index in [0.29, 0.717) is 12.0 Å². The Morgan fingerprint density at radius 3 is 2.28 bits per heavy atom. The quantitative estimate of drug-likeness (QED) is 0.486. The zero-order chi connectivity index (χ0) is 19.2. The Balaban J connectivity index is 0.000000680. The fraction of sp³-hybridized carbons (Fsp3) is 0.500. The summed E-state index contributed by atoms with van der Waals surface area (Å²) in [6.45, 7) is 8.74. The summed E-state index contributed by atoms with van der Waals surface area (Å²) in [5.74, 6) is 0.892. The van der Waals surface area contributed by atoms with Gasteiger partial charge in [0.25, 0.3) is 0 Å². The molecular weight excluding hydrogens is 344 g/mol. The molecule has 0 aromatic heterocycles. The van der Waals surface area contributed by atoms with Crippen molar-refractivity contribution in [3.63, 3.8) is 0 Å². The first-order chi connectivity index (χ1) is 11.5. The Bertz CT molecular complexity index is 636. The molecule has 25 heavy (non-hydrogen) atoms. The van der Waals surface area contributed by atoms with Gasteiger partial charge in [0.05, 0.1) is 10.7 Å². The maximum atomic E-state index is 12.1. The van der Waals surface area contributed by atoms with Crippen molar-refractivity contribution in [2.24, 2.45) is 5.92 Å². The molecule has 1 aliphatic rings. The third-order valence-electron chi connectivity index (χ3n) is 3.22. The minimum Gasteiger partial charge on any atom is -0.442 e. The second-order valence-corrected chi connectivity index (χ2v) is 7.37. The molecule has 0 aliphatic heterocycles. The van der Waals surface area contributed by atoms with Crippen molar-refractivity contribution in [2.45, 2.75) is 53.1 Å². The van der Waals surface area contributed by atoms with Crippen molar-refractivity contribution >= 4 is 35.6 Å². The van der Waals surface area contributed by atoms with E-state index in [1.54, 1.807) is 20.8 Å². The van der Waals surface area contributed by atoms with Crippen LogP contribution >= 0.6 is 11.6 Å². The van der Waals surface area contributed by atoms with Crippen LogP contribution in [0.1, 0.15) is 57.8 Å². The minimum absolute atomic E-state index is 0.158. The predicted molar refractivity (Wildman–Crippen MR) is 97.8 cm³/mol. The van der Waals surface area contributed by atoms with E-state index in [0.717, 1.165) is 10.9 Å². The van der Waals surface area contributed by atoms with Crippen molar-refractivity contribution in [2.75, 3.05) is 5.01 Å². The first-order valence-corrected chi connectivity index (χ1v) is 8.46. The van der Waals surface area contributed by atoms with Gasteiger partial charge in [0.15, 0.2) is 5.78 Å². The topological polar surface area (TPSA) is 75.7 Å². The molecule has 1 aromatic rings. The van der Waals surface area contributed by atoms with Crippen LogP contribution in [0.15, 0.2) is 18.2 Å². The standard InChI is InChI=1S/C14H17ClN2O4.C4H8/c1-9(19)10-5-6-11(15)12(7-10)17(16-8-18)13(20)21-14(2,3)4;1-4-2-3-4/h5-8H,1-4H3,(H,16,18);4H,2-3H2,1H3. The van der Waals surface area contributed by atoms with E-state index in [4.69, 9.17) is 16.3 Å². The van der Waals surface area contributed by atoms with Gasteiger partial charge >= 0.3 is 6.09 Å². The van der Waals surface area contributed by atoms with E-state index in [1.165, 1.54) is 38.0 Å². The van der Waals surface area contributed by atoms with E-state index in [1.807, 2.05) is 0 Å². The number of nitrogens with zero attached hydrogens (tertiary/aromatic N) is 1. The van der Waals surface area contributed by atoms with Gasteiger partial charge < -0.3 is 4.74 Å². The lowest BCUT2D eigenvalue weighted by molar-refractivity contribution is -0.109. The normalized spacial score (nSPS) is 13.2. The number of hydrogen-bond donors (Lipinski definition) is 1. The fourth-order valence-corrected chi connectivity index (χ4v) is 1.85. The molecule has 1 saturated carbocycles. The largest absolute Gasteiger partial charge is 0.442 e. The van der Waals surface area contributed by atoms with Crippen LogP contribution in [-0.4, -0.2) is 23.9 Å². The number of Topliss-reactive ketones (excluding diaryl/α,β-unsaturated/α-hetero) is 1. The Labute approximate surface area is 153 Å². The average molecular weight is 369 g/mol. The van der Waals surface area contributed by atoms with E-state index in [2.05, 4.69) is 12.3 Å². The van der Waals surface area contributed by atoms with Crippen LogP contribution in [0.25, 0.3) is 0 Å². The minimum atomic E-state index is -0.808. The molecule has 0 saturated heterocycles. The van der Waals surface area contributed by atoms with Crippen LogP contribution < -0.4 is 10.4 Å². The Hall–Kier alpha value is -2.08. The van der Waals surface area contributed by atoms with Crippen LogP contribution in [0.3, 0.4) is 0 Å². The van der Waals surface area contributed by atoms with Crippen molar-refractivity contribution in [3.05, 3.63) is 28.8 Å². The Morgan fingerprint density at radius 1 is 1.32 bits per heavy atom. The molecule has 1 N–H and O–H groups in total. The first-order valence-electron chi connectivity index (χ1n) is 8.08. The van der Waals surface area contributed by atoms with Gasteiger partial charge in [-0.3, -0.25) is 15.0 Å². The smallest absolute Gasteiger partial charge is 0.434 e. The molecule has 0 spiro atoms. The number of nitrogens with one attached hydrogen (secondary N) is 1. The fourth-order valence-electron chi connectivity index (χ4n) is 1.65. The molecule has 0 radical (unpaired) electrons. The van der Waals surface area contributed by atoms with Crippen LogP contribution in [0.2, 0.25) is 5.02 Å². The lowest BCUT2D eigenvalue weighted by atomic mass is 10.1. The van der Waals surface area contributed by atoms with Crippen LogP contribution in [0, 0.1) is 5.92 Å². The molecular formula is C18H25ClN2O4. The zero-order valence-corrected chi connectivity index (χ0v) is 16.0. The average Bonchev–Trinajstić information content (AvgIpc) is 3.26. The third-order valence-corrected chi connectivity index (χ3v) is 3.54. The molecule has 0 heterocycles. The van der Waals surface area contributed by atoms with Gasteiger partial charge in [0.2, 0.25) is 6.41 Å². The predicted octanol–water partition coefficient (Wildman–Crippen LogP) is 4.36. The number of carbonyl (C=O) groups excluding carboxylic acids is 3. The number of hydrogen-bond acceptors (Lipinski definition) is 4. The van der Waals surface area contributed by atoms with Crippen LogP contribution in [-0.2, 0) is 9.53 Å². The maximum absolute atomic E-state index is 12.1. The highest BCUT2D eigenvalue weighted by Crippen LogP contribution is 2.28. The Morgan fingerprint density at radius 2 is 1.88 bits per heavy atom. The molecule has 138 valence electrons. The van der Waals surface area contributed by atoms with Crippen LogP contribution in [0.5, 0.6) is 0 Å². The molecule has 0 atom stereocenters. The number of rotatable bonds is 4. The number of halogens is 1. The summed E-state index contributed by atoms with van der Waals surface area (Å²) in [5.41, 5.74) is 1.98.